The van der Waals surface area contributed by atoms with Crippen LogP contribution in [0.1, 0.15) is 19.4 Å². The average molecular weight is 285 g/mol. The zero-order valence-corrected chi connectivity index (χ0v) is 11.4. The molecule has 19 heavy (non-hydrogen) atoms. The van der Waals surface area contributed by atoms with Crippen molar-refractivity contribution in [3.63, 3.8) is 0 Å². The second-order valence-electron chi connectivity index (χ2n) is 4.62. The van der Waals surface area contributed by atoms with Crippen LogP contribution in [-0.4, -0.2) is 28.8 Å². The highest BCUT2D eigenvalue weighted by atomic mass is 35.5. The Morgan fingerprint density at radius 2 is 2.05 bits per heavy atom. The summed E-state index contributed by atoms with van der Waals surface area (Å²) in [5.41, 5.74) is 0.601. The number of nitrogens with zero attached hydrogens (tertiary/aromatic N) is 1. The normalized spacial score (nSPS) is 23.5. The van der Waals surface area contributed by atoms with Gasteiger partial charge in [0.1, 0.15) is 17.9 Å². The molecule has 0 saturated carbocycles. The lowest BCUT2D eigenvalue weighted by atomic mass is 10.1. The first-order valence-corrected chi connectivity index (χ1v) is 6.32. The maximum Gasteiger partial charge on any atom is 0.245 e. The fourth-order valence-electron chi connectivity index (χ4n) is 2.03. The van der Waals surface area contributed by atoms with Crippen molar-refractivity contribution in [3.8, 4) is 0 Å². The van der Waals surface area contributed by atoms with E-state index >= 15 is 0 Å². The summed E-state index contributed by atoms with van der Waals surface area (Å²) in [5.74, 6) is -0.919. The highest BCUT2D eigenvalue weighted by molar-refractivity contribution is 6.30. The van der Waals surface area contributed by atoms with Crippen LogP contribution in [0.2, 0.25) is 5.02 Å². The van der Waals surface area contributed by atoms with Crippen LogP contribution in [0.25, 0.3) is 0 Å². The van der Waals surface area contributed by atoms with Gasteiger partial charge in [-0.25, -0.2) is 4.39 Å². The van der Waals surface area contributed by atoms with Crippen LogP contribution >= 0.6 is 11.6 Å². The molecule has 1 N–H and O–H groups in total. The van der Waals surface area contributed by atoms with Crippen LogP contribution < -0.4 is 5.32 Å². The molecule has 2 amide bonds. The Morgan fingerprint density at radius 1 is 1.37 bits per heavy atom. The minimum absolute atomic E-state index is 0.0351. The number of rotatable bonds is 2. The Bertz CT molecular complexity index is 535. The van der Waals surface area contributed by atoms with Gasteiger partial charge in [0, 0.05) is 6.54 Å². The van der Waals surface area contributed by atoms with Crippen molar-refractivity contribution in [1.82, 2.24) is 10.2 Å². The number of hydrogen-bond acceptors (Lipinski definition) is 2. The topological polar surface area (TPSA) is 49.4 Å². The molecular weight excluding hydrogens is 271 g/mol. The van der Waals surface area contributed by atoms with Gasteiger partial charge in [-0.1, -0.05) is 17.7 Å². The summed E-state index contributed by atoms with van der Waals surface area (Å²) in [5, 5.41) is 2.62. The standard InChI is InChI=1S/C13H14ClFN2O2/c1-7-13(19)17(8(2)12(18)16-7)6-9-3-4-10(14)11(15)5-9/h3-5,7-8H,6H2,1-2H3,(H,16,18). The van der Waals surface area contributed by atoms with E-state index in [2.05, 4.69) is 5.32 Å². The fourth-order valence-corrected chi connectivity index (χ4v) is 2.14. The van der Waals surface area contributed by atoms with Crippen LogP contribution in [0.15, 0.2) is 18.2 Å². The summed E-state index contributed by atoms with van der Waals surface area (Å²) in [6.07, 6.45) is 0. The predicted octanol–water partition coefficient (Wildman–Crippen LogP) is 1.71. The van der Waals surface area contributed by atoms with E-state index in [0.717, 1.165) is 0 Å². The second kappa shape index (κ2) is 5.17. The van der Waals surface area contributed by atoms with Gasteiger partial charge >= 0.3 is 0 Å². The summed E-state index contributed by atoms with van der Waals surface area (Å²) < 4.78 is 13.4. The van der Waals surface area contributed by atoms with Crippen molar-refractivity contribution in [2.24, 2.45) is 0 Å². The maximum absolute atomic E-state index is 13.4. The summed E-state index contributed by atoms with van der Waals surface area (Å²) >= 11 is 5.61. The molecule has 1 fully saturated rings. The predicted molar refractivity (Wildman–Crippen MR) is 69.0 cm³/mol. The Labute approximate surface area is 115 Å². The van der Waals surface area contributed by atoms with E-state index in [4.69, 9.17) is 11.6 Å². The smallest absolute Gasteiger partial charge is 0.245 e. The lowest BCUT2D eigenvalue weighted by molar-refractivity contribution is -0.148. The van der Waals surface area contributed by atoms with Crippen molar-refractivity contribution in [2.75, 3.05) is 0 Å². The van der Waals surface area contributed by atoms with Crippen molar-refractivity contribution in [2.45, 2.75) is 32.5 Å². The Balaban J connectivity index is 2.22. The molecule has 2 atom stereocenters. The number of hydrogen-bond donors (Lipinski definition) is 1. The maximum atomic E-state index is 13.4. The van der Waals surface area contributed by atoms with E-state index in [1.165, 1.54) is 17.0 Å². The fraction of sp³-hybridized carbons (Fsp3) is 0.385. The van der Waals surface area contributed by atoms with Crippen molar-refractivity contribution < 1.29 is 14.0 Å². The summed E-state index contributed by atoms with van der Waals surface area (Å²) in [4.78, 5) is 25.1. The number of carbonyl (C=O) groups excluding carboxylic acids is 2. The lowest BCUT2D eigenvalue weighted by Gasteiger charge is -2.36. The molecule has 1 aromatic carbocycles. The molecule has 1 aromatic rings. The molecule has 0 spiro atoms. The molecule has 6 heteroatoms. The minimum Gasteiger partial charge on any atom is -0.343 e. The van der Waals surface area contributed by atoms with E-state index in [9.17, 15) is 14.0 Å². The minimum atomic E-state index is -0.567. The number of halogens is 2. The lowest BCUT2D eigenvalue weighted by Crippen LogP contribution is -2.60. The van der Waals surface area contributed by atoms with E-state index in [1.54, 1.807) is 19.9 Å². The first-order valence-electron chi connectivity index (χ1n) is 5.95. The number of benzene rings is 1. The quantitative estimate of drug-likeness (QED) is 0.899. The Kier molecular flexibility index (Phi) is 3.75. The molecule has 1 saturated heterocycles. The van der Waals surface area contributed by atoms with Gasteiger partial charge in [-0.05, 0) is 31.5 Å². The van der Waals surface area contributed by atoms with E-state index in [0.29, 0.717) is 5.56 Å². The molecule has 1 aliphatic rings. The Morgan fingerprint density at radius 3 is 2.68 bits per heavy atom. The van der Waals surface area contributed by atoms with Gasteiger partial charge in [-0.15, -0.1) is 0 Å². The molecule has 2 rings (SSSR count). The van der Waals surface area contributed by atoms with Gasteiger partial charge in [0.2, 0.25) is 11.8 Å². The molecule has 0 radical (unpaired) electrons. The third-order valence-electron chi connectivity index (χ3n) is 3.20. The zero-order chi connectivity index (χ0) is 14.2. The highest BCUT2D eigenvalue weighted by Crippen LogP contribution is 2.19. The van der Waals surface area contributed by atoms with E-state index in [1.807, 2.05) is 0 Å². The van der Waals surface area contributed by atoms with E-state index < -0.39 is 17.9 Å². The number of carbonyl (C=O) groups is 2. The SMILES string of the molecule is CC1NC(=O)C(C)N(Cc2ccc(Cl)c(F)c2)C1=O. The summed E-state index contributed by atoms with van der Waals surface area (Å²) in [6, 6.07) is 3.24. The van der Waals surface area contributed by atoms with Crippen LogP contribution in [0.5, 0.6) is 0 Å². The number of amides is 2. The summed E-state index contributed by atoms with van der Waals surface area (Å²) in [7, 11) is 0. The first-order chi connectivity index (χ1) is 8.90. The highest BCUT2D eigenvalue weighted by Gasteiger charge is 2.35. The third-order valence-corrected chi connectivity index (χ3v) is 3.50. The second-order valence-corrected chi connectivity index (χ2v) is 5.03. The van der Waals surface area contributed by atoms with Crippen molar-refractivity contribution >= 4 is 23.4 Å². The largest absolute Gasteiger partial charge is 0.343 e. The summed E-state index contributed by atoms with van der Waals surface area (Å²) in [6.45, 7) is 3.46. The first kappa shape index (κ1) is 13.8. The molecule has 0 aliphatic carbocycles. The van der Waals surface area contributed by atoms with Crippen LogP contribution in [0, 0.1) is 5.82 Å². The molecule has 102 valence electrons. The van der Waals surface area contributed by atoms with Gasteiger partial charge in [0.05, 0.1) is 5.02 Å². The van der Waals surface area contributed by atoms with Gasteiger partial charge in [-0.3, -0.25) is 9.59 Å². The van der Waals surface area contributed by atoms with Gasteiger partial charge in [-0.2, -0.15) is 0 Å². The van der Waals surface area contributed by atoms with Crippen LogP contribution in [0.4, 0.5) is 4.39 Å². The van der Waals surface area contributed by atoms with Gasteiger partial charge in [0.15, 0.2) is 0 Å². The van der Waals surface area contributed by atoms with Crippen molar-refractivity contribution in [3.05, 3.63) is 34.6 Å². The molecule has 1 aliphatic heterocycles. The Hall–Kier alpha value is -1.62. The molecule has 2 unspecified atom stereocenters. The molecule has 4 nitrogen and oxygen atoms in total. The van der Waals surface area contributed by atoms with Gasteiger partial charge in [0.25, 0.3) is 0 Å². The average Bonchev–Trinajstić information content (AvgIpc) is 2.36. The third kappa shape index (κ3) is 2.71. The zero-order valence-electron chi connectivity index (χ0n) is 10.6. The molecule has 0 aromatic heterocycles. The number of piperazine rings is 1. The molecule has 0 bridgehead atoms. The van der Waals surface area contributed by atoms with Crippen LogP contribution in [0.3, 0.4) is 0 Å². The van der Waals surface area contributed by atoms with Crippen LogP contribution in [-0.2, 0) is 16.1 Å². The number of nitrogens with one attached hydrogen (secondary N) is 1. The molecule has 1 heterocycles. The van der Waals surface area contributed by atoms with Gasteiger partial charge < -0.3 is 10.2 Å². The van der Waals surface area contributed by atoms with E-state index in [-0.39, 0.29) is 23.4 Å². The monoisotopic (exact) mass is 284 g/mol. The molecular formula is C13H14ClFN2O2. The van der Waals surface area contributed by atoms with Crippen molar-refractivity contribution in [1.29, 1.82) is 0 Å².